The molecule has 1 aromatic carbocycles. The van der Waals surface area contributed by atoms with E-state index in [1.807, 2.05) is 7.05 Å². The largest absolute Gasteiger partial charge is 0.493 e. The van der Waals surface area contributed by atoms with Crippen molar-refractivity contribution in [3.05, 3.63) is 29.1 Å². The maximum Gasteiger partial charge on any atom is 0.182 e. The Balaban J connectivity index is 1.97. The third-order valence-electron chi connectivity index (χ3n) is 2.92. The van der Waals surface area contributed by atoms with Crippen molar-refractivity contribution < 1.29 is 4.74 Å². The summed E-state index contributed by atoms with van der Waals surface area (Å²) in [6.07, 6.45) is 2.21. The molecule has 0 unspecified atom stereocenters. The summed E-state index contributed by atoms with van der Waals surface area (Å²) in [5.41, 5.74) is 3.51. The highest BCUT2D eigenvalue weighted by Crippen LogP contribution is 2.31. The summed E-state index contributed by atoms with van der Waals surface area (Å²) in [7, 11) is 1.89. The van der Waals surface area contributed by atoms with Crippen LogP contribution in [0.3, 0.4) is 0 Å². The molecular weight excluding hydrogens is 232 g/mol. The zero-order valence-corrected chi connectivity index (χ0v) is 10.5. The summed E-state index contributed by atoms with van der Waals surface area (Å²) in [6, 6.07) is 6.34. The van der Waals surface area contributed by atoms with Gasteiger partial charge in [-0.25, -0.2) is 4.98 Å². The third-order valence-corrected chi connectivity index (χ3v) is 3.78. The summed E-state index contributed by atoms with van der Waals surface area (Å²) in [5.74, 6) is 1.03. The van der Waals surface area contributed by atoms with Crippen LogP contribution < -0.4 is 10.1 Å². The van der Waals surface area contributed by atoms with Gasteiger partial charge >= 0.3 is 0 Å². The second-order valence-electron chi connectivity index (χ2n) is 4.06. The number of nitrogens with zero attached hydrogens (tertiary/aromatic N) is 1. The molecule has 3 rings (SSSR count). The van der Waals surface area contributed by atoms with Crippen molar-refractivity contribution in [3.8, 4) is 17.0 Å². The first-order valence-corrected chi connectivity index (χ1v) is 6.64. The number of benzene rings is 1. The van der Waals surface area contributed by atoms with E-state index in [1.165, 1.54) is 11.1 Å². The lowest BCUT2D eigenvalue weighted by molar-refractivity contribution is 0.288. The lowest BCUT2D eigenvalue weighted by Crippen LogP contribution is -2.08. The molecule has 0 saturated carbocycles. The van der Waals surface area contributed by atoms with Gasteiger partial charge in [0.2, 0.25) is 0 Å². The van der Waals surface area contributed by atoms with Crippen LogP contribution in [0.25, 0.3) is 11.3 Å². The maximum atomic E-state index is 5.61. The Morgan fingerprint density at radius 2 is 2.35 bits per heavy atom. The fourth-order valence-electron chi connectivity index (χ4n) is 2.04. The molecule has 0 aliphatic carbocycles. The third kappa shape index (κ3) is 2.00. The van der Waals surface area contributed by atoms with E-state index in [-0.39, 0.29) is 0 Å². The second kappa shape index (κ2) is 4.37. The van der Waals surface area contributed by atoms with Crippen LogP contribution in [0, 0.1) is 0 Å². The summed E-state index contributed by atoms with van der Waals surface area (Å²) in [4.78, 5) is 4.51. The summed E-state index contributed by atoms with van der Waals surface area (Å²) in [6.45, 7) is 0.840. The average Bonchev–Trinajstić information content (AvgIpc) is 2.87. The summed E-state index contributed by atoms with van der Waals surface area (Å²) in [5, 5.41) is 6.10. The van der Waals surface area contributed by atoms with Crippen LogP contribution in [-0.2, 0) is 6.42 Å². The fourth-order valence-corrected chi connectivity index (χ4v) is 2.72. The highest BCUT2D eigenvalue weighted by Gasteiger charge is 2.12. The molecule has 88 valence electrons. The molecule has 2 aromatic rings. The standard InChI is InChI=1S/C13H14N2OS/c1-14-13-15-11(8-17-13)9-4-5-12-10(7-9)3-2-6-16-12/h4-5,7-8H,2-3,6H2,1H3,(H,14,15). The first-order valence-electron chi connectivity index (χ1n) is 5.76. The molecule has 0 saturated heterocycles. The Kier molecular flexibility index (Phi) is 2.73. The van der Waals surface area contributed by atoms with Gasteiger partial charge in [-0.15, -0.1) is 11.3 Å². The molecular formula is C13H14N2OS. The average molecular weight is 246 g/mol. The van der Waals surface area contributed by atoms with E-state index in [2.05, 4.69) is 33.9 Å². The Morgan fingerprint density at radius 1 is 1.41 bits per heavy atom. The quantitative estimate of drug-likeness (QED) is 0.883. The van der Waals surface area contributed by atoms with Gasteiger partial charge in [-0.3, -0.25) is 0 Å². The summed E-state index contributed by atoms with van der Waals surface area (Å²) < 4.78 is 5.61. The molecule has 1 aliphatic heterocycles. The minimum atomic E-state index is 0.840. The highest BCUT2D eigenvalue weighted by molar-refractivity contribution is 7.14. The van der Waals surface area contributed by atoms with E-state index >= 15 is 0 Å². The zero-order valence-electron chi connectivity index (χ0n) is 9.69. The van der Waals surface area contributed by atoms with Gasteiger partial charge in [0.15, 0.2) is 5.13 Å². The Bertz CT molecular complexity index is 536. The van der Waals surface area contributed by atoms with Crippen molar-refractivity contribution in [2.45, 2.75) is 12.8 Å². The number of aromatic nitrogens is 1. The maximum absolute atomic E-state index is 5.61. The van der Waals surface area contributed by atoms with Gasteiger partial charge in [0.25, 0.3) is 0 Å². The highest BCUT2D eigenvalue weighted by atomic mass is 32.1. The number of anilines is 1. The number of nitrogens with one attached hydrogen (secondary N) is 1. The molecule has 1 aromatic heterocycles. The SMILES string of the molecule is CNc1nc(-c2ccc3c(c2)CCCO3)cs1. The van der Waals surface area contributed by atoms with Gasteiger partial charge in [0, 0.05) is 18.0 Å². The number of aryl methyl sites for hydroxylation is 1. The predicted molar refractivity (Wildman–Crippen MR) is 70.9 cm³/mol. The number of fused-ring (bicyclic) bond motifs is 1. The van der Waals surface area contributed by atoms with E-state index in [0.717, 1.165) is 36.0 Å². The first kappa shape index (κ1) is 10.6. The number of hydrogen-bond donors (Lipinski definition) is 1. The van der Waals surface area contributed by atoms with Crippen LogP contribution in [0.15, 0.2) is 23.6 Å². The fraction of sp³-hybridized carbons (Fsp3) is 0.308. The molecule has 1 aliphatic rings. The lowest BCUT2D eigenvalue weighted by atomic mass is 10.0. The van der Waals surface area contributed by atoms with Gasteiger partial charge in [0.1, 0.15) is 5.75 Å². The molecule has 0 radical (unpaired) electrons. The van der Waals surface area contributed by atoms with Crippen LogP contribution in [0.5, 0.6) is 5.75 Å². The van der Waals surface area contributed by atoms with E-state index in [4.69, 9.17) is 4.74 Å². The smallest absolute Gasteiger partial charge is 0.182 e. The van der Waals surface area contributed by atoms with E-state index < -0.39 is 0 Å². The van der Waals surface area contributed by atoms with Gasteiger partial charge in [-0.2, -0.15) is 0 Å². The van der Waals surface area contributed by atoms with Crippen LogP contribution >= 0.6 is 11.3 Å². The van der Waals surface area contributed by atoms with Crippen LogP contribution in [0.1, 0.15) is 12.0 Å². The Morgan fingerprint density at radius 3 is 3.18 bits per heavy atom. The molecule has 4 heteroatoms. The minimum absolute atomic E-state index is 0.840. The van der Waals surface area contributed by atoms with Gasteiger partial charge in [0.05, 0.1) is 12.3 Å². The zero-order chi connectivity index (χ0) is 11.7. The summed E-state index contributed by atoms with van der Waals surface area (Å²) >= 11 is 1.63. The van der Waals surface area contributed by atoms with Crippen molar-refractivity contribution in [2.75, 3.05) is 19.0 Å². The van der Waals surface area contributed by atoms with Gasteiger partial charge < -0.3 is 10.1 Å². The molecule has 0 amide bonds. The first-order chi connectivity index (χ1) is 8.36. The monoisotopic (exact) mass is 246 g/mol. The van der Waals surface area contributed by atoms with Crippen LogP contribution in [0.2, 0.25) is 0 Å². The Hall–Kier alpha value is -1.55. The number of thiazole rings is 1. The van der Waals surface area contributed by atoms with Crippen molar-refractivity contribution in [3.63, 3.8) is 0 Å². The van der Waals surface area contributed by atoms with Crippen molar-refractivity contribution in [1.29, 1.82) is 0 Å². The van der Waals surface area contributed by atoms with E-state index in [0.29, 0.717) is 0 Å². The molecule has 0 spiro atoms. The second-order valence-corrected chi connectivity index (χ2v) is 4.92. The molecule has 0 bridgehead atoms. The van der Waals surface area contributed by atoms with Crippen LogP contribution in [0.4, 0.5) is 5.13 Å². The van der Waals surface area contributed by atoms with Gasteiger partial charge in [-0.05, 0) is 36.6 Å². The minimum Gasteiger partial charge on any atom is -0.493 e. The van der Waals surface area contributed by atoms with Gasteiger partial charge in [-0.1, -0.05) is 0 Å². The van der Waals surface area contributed by atoms with Crippen LogP contribution in [-0.4, -0.2) is 18.6 Å². The normalized spacial score (nSPS) is 13.9. The predicted octanol–water partition coefficient (Wildman–Crippen LogP) is 3.18. The van der Waals surface area contributed by atoms with Crippen molar-refractivity contribution >= 4 is 16.5 Å². The number of hydrogen-bond acceptors (Lipinski definition) is 4. The van der Waals surface area contributed by atoms with E-state index in [1.54, 1.807) is 11.3 Å². The molecule has 2 heterocycles. The number of rotatable bonds is 2. The molecule has 17 heavy (non-hydrogen) atoms. The van der Waals surface area contributed by atoms with Crippen molar-refractivity contribution in [2.24, 2.45) is 0 Å². The van der Waals surface area contributed by atoms with Crippen molar-refractivity contribution in [1.82, 2.24) is 4.98 Å². The van der Waals surface area contributed by atoms with E-state index in [9.17, 15) is 0 Å². The number of ether oxygens (including phenoxy) is 1. The molecule has 1 N–H and O–H groups in total. The molecule has 0 atom stereocenters. The topological polar surface area (TPSA) is 34.2 Å². The molecule has 3 nitrogen and oxygen atoms in total. The Labute approximate surface area is 104 Å². The lowest BCUT2D eigenvalue weighted by Gasteiger charge is -2.17. The molecule has 0 fully saturated rings.